The van der Waals surface area contributed by atoms with Gasteiger partial charge in [-0.25, -0.2) is 4.79 Å². The second kappa shape index (κ2) is 12.3. The Morgan fingerprint density at radius 2 is 1.35 bits per heavy atom. The Kier molecular flexibility index (Phi) is 8.66. The first-order chi connectivity index (χ1) is 19.2. The molecule has 0 atom stereocenters. The Hall–Kier alpha value is -4.89. The van der Waals surface area contributed by atoms with Crippen LogP contribution in [-0.2, 0) is 9.63 Å². The molecule has 0 heterocycles. The van der Waals surface area contributed by atoms with E-state index in [0.29, 0.717) is 11.1 Å². The van der Waals surface area contributed by atoms with Gasteiger partial charge in [0, 0.05) is 50.6 Å². The molecule has 0 radical (unpaired) electrons. The summed E-state index contributed by atoms with van der Waals surface area (Å²) in [5, 5.41) is 15.1. The van der Waals surface area contributed by atoms with Gasteiger partial charge in [0.15, 0.2) is 11.5 Å². The van der Waals surface area contributed by atoms with E-state index in [0.717, 1.165) is 22.3 Å². The summed E-state index contributed by atoms with van der Waals surface area (Å²) in [7, 11) is 0. The highest BCUT2D eigenvalue weighted by molar-refractivity contribution is 7.99. The molecule has 0 spiro atoms. The van der Waals surface area contributed by atoms with Gasteiger partial charge < -0.3 is 4.84 Å². The first kappa shape index (κ1) is 28.1. The van der Waals surface area contributed by atoms with Crippen LogP contribution in [-0.4, -0.2) is 28.2 Å². The van der Waals surface area contributed by atoms with E-state index in [1.807, 2.05) is 43.3 Å². The van der Waals surface area contributed by atoms with E-state index < -0.39 is 16.7 Å². The summed E-state index contributed by atoms with van der Waals surface area (Å²) in [6, 6.07) is 25.8. The minimum Gasteiger partial charge on any atom is -0.318 e. The Labute approximate surface area is 234 Å². The number of carbonyl (C=O) groups excluding carboxylic acids is 3. The van der Waals surface area contributed by atoms with Crippen LogP contribution < -0.4 is 0 Å². The third-order valence-corrected chi connectivity index (χ3v) is 7.11. The monoisotopic (exact) mass is 552 g/mol. The fourth-order valence-electron chi connectivity index (χ4n) is 4.01. The van der Waals surface area contributed by atoms with Gasteiger partial charge in [0.1, 0.15) is 0 Å². The third-order valence-electron chi connectivity index (χ3n) is 6.10. The van der Waals surface area contributed by atoms with Crippen LogP contribution in [0.3, 0.4) is 0 Å². The number of rotatable bonds is 9. The standard InChI is InChI=1S/C31H24N2O6S/c1-19-7-4-5-8-26(19)30(35)22-11-15-24(16-12-22)40-25-17-13-23(14-18-25)31(36)29(32-39-21(3)34)27-9-6-10-28(20(27)2)33(37)38/h4-18H,1-3H3. The van der Waals surface area contributed by atoms with Crippen molar-refractivity contribution in [3.05, 3.63) is 134 Å². The lowest BCUT2D eigenvalue weighted by atomic mass is 9.96. The number of benzene rings is 4. The fourth-order valence-corrected chi connectivity index (χ4v) is 4.82. The molecular weight excluding hydrogens is 528 g/mol. The molecule has 200 valence electrons. The van der Waals surface area contributed by atoms with E-state index in [4.69, 9.17) is 4.84 Å². The molecule has 8 nitrogen and oxygen atoms in total. The molecule has 0 N–H and O–H groups in total. The van der Waals surface area contributed by atoms with E-state index in [-0.39, 0.29) is 33.9 Å². The lowest BCUT2D eigenvalue weighted by molar-refractivity contribution is -0.385. The molecule has 0 fully saturated rings. The number of Topliss-reactive ketones (excluding diaryl/α,β-unsaturated/α-hetero) is 1. The number of hydrogen-bond acceptors (Lipinski definition) is 8. The summed E-state index contributed by atoms with van der Waals surface area (Å²) in [5.41, 5.74) is 2.46. The zero-order valence-corrected chi connectivity index (χ0v) is 22.7. The van der Waals surface area contributed by atoms with Crippen molar-refractivity contribution >= 4 is 40.7 Å². The molecule has 0 unspecified atom stereocenters. The molecule has 0 aromatic heterocycles. The lowest BCUT2D eigenvalue weighted by Crippen LogP contribution is -2.18. The van der Waals surface area contributed by atoms with Crippen molar-refractivity contribution in [2.24, 2.45) is 5.16 Å². The van der Waals surface area contributed by atoms with Crippen molar-refractivity contribution in [2.45, 2.75) is 30.6 Å². The maximum Gasteiger partial charge on any atom is 0.332 e. The van der Waals surface area contributed by atoms with E-state index in [1.165, 1.54) is 36.9 Å². The van der Waals surface area contributed by atoms with E-state index in [1.54, 1.807) is 36.4 Å². The van der Waals surface area contributed by atoms with Gasteiger partial charge in [-0.1, -0.05) is 53.3 Å². The summed E-state index contributed by atoms with van der Waals surface area (Å²) in [6.07, 6.45) is 0. The number of aryl methyl sites for hydroxylation is 1. The van der Waals surface area contributed by atoms with Crippen LogP contribution in [0, 0.1) is 24.0 Å². The molecule has 0 aliphatic carbocycles. The summed E-state index contributed by atoms with van der Waals surface area (Å²) in [6.45, 7) is 4.55. The second-order valence-corrected chi connectivity index (χ2v) is 10.0. The number of nitrogens with zero attached hydrogens (tertiary/aromatic N) is 2. The number of hydrogen-bond donors (Lipinski definition) is 0. The minimum atomic E-state index is -0.730. The third kappa shape index (κ3) is 6.39. The second-order valence-electron chi connectivity index (χ2n) is 8.85. The van der Waals surface area contributed by atoms with Crippen LogP contribution in [0.15, 0.2) is 106 Å². The van der Waals surface area contributed by atoms with Crippen molar-refractivity contribution in [2.75, 3.05) is 0 Å². The molecule has 4 aromatic rings. The molecular formula is C31H24N2O6S. The predicted octanol–water partition coefficient (Wildman–Crippen LogP) is 6.74. The van der Waals surface area contributed by atoms with Gasteiger partial charge in [0.05, 0.1) is 4.92 Å². The number of ketones is 2. The van der Waals surface area contributed by atoms with Crippen molar-refractivity contribution in [1.29, 1.82) is 0 Å². The molecule has 40 heavy (non-hydrogen) atoms. The molecule has 0 aliphatic rings. The molecule has 0 bridgehead atoms. The molecule has 4 rings (SSSR count). The van der Waals surface area contributed by atoms with Crippen LogP contribution in [0.5, 0.6) is 0 Å². The highest BCUT2D eigenvalue weighted by Gasteiger charge is 2.24. The number of oxime groups is 1. The van der Waals surface area contributed by atoms with Gasteiger partial charge in [-0.2, -0.15) is 0 Å². The van der Waals surface area contributed by atoms with E-state index in [2.05, 4.69) is 5.16 Å². The Morgan fingerprint density at radius 3 is 1.93 bits per heavy atom. The molecule has 0 saturated carbocycles. The van der Waals surface area contributed by atoms with Crippen molar-refractivity contribution in [3.8, 4) is 0 Å². The topological polar surface area (TPSA) is 116 Å². The van der Waals surface area contributed by atoms with Crippen LogP contribution in [0.2, 0.25) is 0 Å². The molecule has 0 amide bonds. The first-order valence-electron chi connectivity index (χ1n) is 12.2. The van der Waals surface area contributed by atoms with Crippen molar-refractivity contribution in [3.63, 3.8) is 0 Å². The Balaban J connectivity index is 1.54. The van der Waals surface area contributed by atoms with Gasteiger partial charge in [-0.15, -0.1) is 0 Å². The van der Waals surface area contributed by atoms with Gasteiger partial charge >= 0.3 is 5.97 Å². The molecule has 0 aliphatic heterocycles. The number of nitro groups is 1. The van der Waals surface area contributed by atoms with Gasteiger partial charge in [-0.05, 0) is 67.9 Å². The normalized spacial score (nSPS) is 11.1. The average molecular weight is 553 g/mol. The Morgan fingerprint density at radius 1 is 0.775 bits per heavy atom. The molecule has 0 saturated heterocycles. The Bertz CT molecular complexity index is 1640. The maximum atomic E-state index is 13.4. The summed E-state index contributed by atoms with van der Waals surface area (Å²) in [4.78, 5) is 55.0. The summed E-state index contributed by atoms with van der Waals surface area (Å²) in [5.74, 6) is -1.32. The van der Waals surface area contributed by atoms with E-state index in [9.17, 15) is 24.5 Å². The maximum absolute atomic E-state index is 13.4. The molecule has 9 heteroatoms. The van der Waals surface area contributed by atoms with Gasteiger partial charge in [-0.3, -0.25) is 19.7 Å². The lowest BCUT2D eigenvalue weighted by Gasteiger charge is -2.10. The minimum absolute atomic E-state index is 0.0391. The average Bonchev–Trinajstić information content (AvgIpc) is 2.94. The molecule has 4 aromatic carbocycles. The SMILES string of the molecule is CC(=O)ON=C(C(=O)c1ccc(Sc2ccc(C(=O)c3ccccc3C)cc2)cc1)c1cccc([N+](=O)[O-])c1C. The number of nitro benzene ring substituents is 1. The van der Waals surface area contributed by atoms with Crippen molar-refractivity contribution in [1.82, 2.24) is 0 Å². The fraction of sp³-hybridized carbons (Fsp3) is 0.0968. The van der Waals surface area contributed by atoms with E-state index >= 15 is 0 Å². The smallest absolute Gasteiger partial charge is 0.318 e. The largest absolute Gasteiger partial charge is 0.332 e. The van der Waals surface area contributed by atoms with Crippen LogP contribution in [0.1, 0.15) is 49.9 Å². The quantitative estimate of drug-likeness (QED) is 0.0742. The van der Waals surface area contributed by atoms with Crippen LogP contribution in [0.4, 0.5) is 5.69 Å². The first-order valence-corrected chi connectivity index (χ1v) is 13.0. The van der Waals surface area contributed by atoms with Gasteiger partial charge in [0.2, 0.25) is 5.78 Å². The highest BCUT2D eigenvalue weighted by atomic mass is 32.2. The highest BCUT2D eigenvalue weighted by Crippen LogP contribution is 2.29. The number of carbonyl (C=O) groups is 3. The van der Waals surface area contributed by atoms with Crippen LogP contribution in [0.25, 0.3) is 0 Å². The van der Waals surface area contributed by atoms with Gasteiger partial charge in [0.25, 0.3) is 5.69 Å². The summed E-state index contributed by atoms with van der Waals surface area (Å²) >= 11 is 1.46. The zero-order chi connectivity index (χ0) is 28.8. The van der Waals surface area contributed by atoms with Crippen molar-refractivity contribution < 1.29 is 24.1 Å². The summed E-state index contributed by atoms with van der Waals surface area (Å²) < 4.78 is 0. The van der Waals surface area contributed by atoms with Crippen LogP contribution >= 0.6 is 11.8 Å². The zero-order valence-electron chi connectivity index (χ0n) is 21.9. The predicted molar refractivity (Wildman–Crippen MR) is 152 cm³/mol.